The van der Waals surface area contributed by atoms with Crippen LogP contribution in [0.25, 0.3) is 0 Å². The predicted octanol–water partition coefficient (Wildman–Crippen LogP) is 3.46. The van der Waals surface area contributed by atoms with Gasteiger partial charge in [0, 0.05) is 43.2 Å². The lowest BCUT2D eigenvalue weighted by Crippen LogP contribution is -2.08. The average Bonchev–Trinajstić information content (AvgIpc) is 2.80. The molecule has 0 radical (unpaired) electrons. The van der Waals surface area contributed by atoms with E-state index < -0.39 is 4.92 Å². The summed E-state index contributed by atoms with van der Waals surface area (Å²) >= 11 is 0. The van der Waals surface area contributed by atoms with Crippen molar-refractivity contribution in [3.05, 3.63) is 70.0 Å². The van der Waals surface area contributed by atoms with Crippen LogP contribution in [0.1, 0.15) is 17.5 Å². The fraction of sp³-hybridized carbons (Fsp3) is 0.273. The van der Waals surface area contributed by atoms with Gasteiger partial charge < -0.3 is 25.3 Å². The molecule has 3 rings (SSSR count). The summed E-state index contributed by atoms with van der Waals surface area (Å²) in [5, 5.41) is 13.9. The van der Waals surface area contributed by atoms with E-state index >= 15 is 0 Å². The predicted molar refractivity (Wildman–Crippen MR) is 120 cm³/mol. The van der Waals surface area contributed by atoms with Gasteiger partial charge in [-0.25, -0.2) is 9.97 Å². The van der Waals surface area contributed by atoms with Crippen molar-refractivity contribution in [1.82, 2.24) is 9.97 Å². The molecule has 168 valence electrons. The minimum atomic E-state index is -0.423. The molecule has 10 nitrogen and oxygen atoms in total. The van der Waals surface area contributed by atoms with Crippen LogP contribution in [-0.4, -0.2) is 42.3 Å². The maximum atomic E-state index is 10.7. The molecular weight excluding hydrogens is 414 g/mol. The lowest BCUT2D eigenvalue weighted by Gasteiger charge is -2.16. The lowest BCUT2D eigenvalue weighted by atomic mass is 10.1. The van der Waals surface area contributed by atoms with Gasteiger partial charge in [-0.05, 0) is 41.8 Å². The Kier molecular flexibility index (Phi) is 7.63. The summed E-state index contributed by atoms with van der Waals surface area (Å²) in [6.07, 6.45) is 4.66. The van der Waals surface area contributed by atoms with Gasteiger partial charge in [-0.15, -0.1) is 0 Å². The number of methoxy groups -OCH3 is 2. The molecule has 0 saturated carbocycles. The summed E-state index contributed by atoms with van der Waals surface area (Å²) in [6, 6.07) is 10.1. The van der Waals surface area contributed by atoms with Crippen molar-refractivity contribution in [2.75, 3.05) is 38.4 Å². The maximum Gasteiger partial charge on any atom is 0.269 e. The zero-order valence-electron chi connectivity index (χ0n) is 17.9. The molecule has 1 aromatic heterocycles. The molecule has 3 aromatic rings. The number of anilines is 2. The molecule has 0 fully saturated rings. The van der Waals surface area contributed by atoms with Crippen molar-refractivity contribution in [3.63, 3.8) is 0 Å². The van der Waals surface area contributed by atoms with Crippen LogP contribution in [0.3, 0.4) is 0 Å². The second-order valence-corrected chi connectivity index (χ2v) is 6.89. The Labute approximate surface area is 185 Å². The van der Waals surface area contributed by atoms with Crippen LogP contribution in [0.4, 0.5) is 17.3 Å². The summed E-state index contributed by atoms with van der Waals surface area (Å²) < 4.78 is 17.0. The van der Waals surface area contributed by atoms with Gasteiger partial charge in [-0.1, -0.05) is 0 Å². The molecule has 0 aliphatic rings. The molecule has 0 aliphatic carbocycles. The van der Waals surface area contributed by atoms with Crippen molar-refractivity contribution in [1.29, 1.82) is 0 Å². The van der Waals surface area contributed by atoms with E-state index in [1.54, 1.807) is 38.7 Å². The first kappa shape index (κ1) is 22.6. The van der Waals surface area contributed by atoms with E-state index in [1.807, 2.05) is 12.1 Å². The summed E-state index contributed by atoms with van der Waals surface area (Å²) in [6.45, 7) is 1.06. The molecule has 0 saturated heterocycles. The van der Waals surface area contributed by atoms with E-state index in [0.717, 1.165) is 16.8 Å². The minimum absolute atomic E-state index is 0.0606. The van der Waals surface area contributed by atoms with Crippen LogP contribution in [0, 0.1) is 10.1 Å². The normalized spacial score (nSPS) is 10.4. The van der Waals surface area contributed by atoms with Crippen molar-refractivity contribution < 1.29 is 19.1 Å². The van der Waals surface area contributed by atoms with Crippen LogP contribution < -0.4 is 25.3 Å². The number of nitrogens with zero attached hydrogens (tertiary/aromatic N) is 3. The first-order valence-corrected chi connectivity index (χ1v) is 9.92. The molecule has 0 spiro atoms. The Balaban J connectivity index is 1.57. The van der Waals surface area contributed by atoms with Gasteiger partial charge in [0.05, 0.1) is 25.7 Å². The number of rotatable bonds is 11. The van der Waals surface area contributed by atoms with Crippen LogP contribution in [0.2, 0.25) is 0 Å². The van der Waals surface area contributed by atoms with Gasteiger partial charge in [0.25, 0.3) is 5.69 Å². The first-order valence-electron chi connectivity index (χ1n) is 9.92. The van der Waals surface area contributed by atoms with Gasteiger partial charge in [0.15, 0.2) is 11.5 Å². The monoisotopic (exact) mass is 439 g/mol. The molecule has 10 heteroatoms. The second-order valence-electron chi connectivity index (χ2n) is 6.89. The fourth-order valence-corrected chi connectivity index (χ4v) is 3.05. The van der Waals surface area contributed by atoms with Gasteiger partial charge in [0.1, 0.15) is 0 Å². The summed E-state index contributed by atoms with van der Waals surface area (Å²) in [7, 11) is 3.15. The Morgan fingerprint density at radius 1 is 1.03 bits per heavy atom. The third-order valence-corrected chi connectivity index (χ3v) is 4.63. The van der Waals surface area contributed by atoms with Crippen molar-refractivity contribution in [3.8, 4) is 17.2 Å². The number of hydrogen-bond acceptors (Lipinski definition) is 9. The van der Waals surface area contributed by atoms with E-state index in [9.17, 15) is 10.1 Å². The standard InChI is InChI=1S/C22H25N5O5/c1-30-19-11-15(10-16-13-25-22(23)26-14-16)12-20(31-2)21(19)32-9-3-8-24-17-4-6-18(7-5-17)27(28)29/h4-7,11-14,24H,3,8-10H2,1-2H3,(H2,23,25,26). The molecule has 32 heavy (non-hydrogen) atoms. The highest BCUT2D eigenvalue weighted by Gasteiger charge is 2.15. The third kappa shape index (κ3) is 5.97. The van der Waals surface area contributed by atoms with E-state index in [4.69, 9.17) is 19.9 Å². The van der Waals surface area contributed by atoms with E-state index in [0.29, 0.717) is 43.2 Å². The Morgan fingerprint density at radius 2 is 1.66 bits per heavy atom. The van der Waals surface area contributed by atoms with Crippen LogP contribution in [0.5, 0.6) is 17.2 Å². The van der Waals surface area contributed by atoms with Gasteiger partial charge in [0.2, 0.25) is 11.7 Å². The number of nitrogens with two attached hydrogens (primary N) is 1. The van der Waals surface area contributed by atoms with E-state index in [2.05, 4.69) is 15.3 Å². The lowest BCUT2D eigenvalue weighted by molar-refractivity contribution is -0.384. The highest BCUT2D eigenvalue weighted by Crippen LogP contribution is 2.39. The van der Waals surface area contributed by atoms with Crippen molar-refractivity contribution in [2.24, 2.45) is 0 Å². The van der Waals surface area contributed by atoms with E-state index in [-0.39, 0.29) is 11.6 Å². The van der Waals surface area contributed by atoms with Gasteiger partial charge >= 0.3 is 0 Å². The summed E-state index contributed by atoms with van der Waals surface area (Å²) in [5.74, 6) is 1.90. The molecule has 3 N–H and O–H groups in total. The molecule has 0 unspecified atom stereocenters. The number of benzene rings is 2. The molecule has 0 amide bonds. The van der Waals surface area contributed by atoms with E-state index in [1.165, 1.54) is 12.1 Å². The topological polar surface area (TPSA) is 135 Å². The molecule has 0 bridgehead atoms. The van der Waals surface area contributed by atoms with Crippen LogP contribution in [0.15, 0.2) is 48.8 Å². The van der Waals surface area contributed by atoms with Crippen molar-refractivity contribution >= 4 is 17.3 Å². The molecule has 1 heterocycles. The smallest absolute Gasteiger partial charge is 0.269 e. The number of ether oxygens (including phenoxy) is 3. The Bertz CT molecular complexity index is 1020. The highest BCUT2D eigenvalue weighted by molar-refractivity contribution is 5.54. The fourth-order valence-electron chi connectivity index (χ4n) is 3.05. The quantitative estimate of drug-likeness (QED) is 0.261. The molecular formula is C22H25N5O5. The molecule has 0 atom stereocenters. The first-order chi connectivity index (χ1) is 15.5. The third-order valence-electron chi connectivity index (χ3n) is 4.63. The largest absolute Gasteiger partial charge is 0.493 e. The number of nitro benzene ring substituents is 1. The summed E-state index contributed by atoms with van der Waals surface area (Å²) in [5.41, 5.74) is 8.28. The average molecular weight is 439 g/mol. The summed E-state index contributed by atoms with van der Waals surface area (Å²) in [4.78, 5) is 18.3. The zero-order chi connectivity index (χ0) is 22.9. The maximum absolute atomic E-state index is 10.7. The Morgan fingerprint density at radius 3 is 2.22 bits per heavy atom. The minimum Gasteiger partial charge on any atom is -0.493 e. The number of non-ortho nitro benzene ring substituents is 1. The Hall–Kier alpha value is -4.08. The van der Waals surface area contributed by atoms with Crippen LogP contribution in [-0.2, 0) is 6.42 Å². The van der Waals surface area contributed by atoms with Crippen molar-refractivity contribution in [2.45, 2.75) is 12.8 Å². The SMILES string of the molecule is COc1cc(Cc2cnc(N)nc2)cc(OC)c1OCCCNc1ccc([N+](=O)[O-])cc1. The highest BCUT2D eigenvalue weighted by atomic mass is 16.6. The number of nitro groups is 1. The number of aromatic nitrogens is 2. The zero-order valence-corrected chi connectivity index (χ0v) is 17.9. The number of hydrogen-bond donors (Lipinski definition) is 2. The second kappa shape index (κ2) is 10.8. The molecule has 2 aromatic carbocycles. The number of nitrogen functional groups attached to an aromatic ring is 1. The van der Waals surface area contributed by atoms with Crippen LogP contribution >= 0.6 is 0 Å². The van der Waals surface area contributed by atoms with Gasteiger partial charge in [-0.3, -0.25) is 10.1 Å². The number of nitrogens with one attached hydrogen (secondary N) is 1. The molecule has 0 aliphatic heterocycles. The van der Waals surface area contributed by atoms with Gasteiger partial charge in [-0.2, -0.15) is 0 Å².